The summed E-state index contributed by atoms with van der Waals surface area (Å²) in [6, 6.07) is 6.65. The quantitative estimate of drug-likeness (QED) is 0.773. The van der Waals surface area contributed by atoms with Crippen LogP contribution in [0.5, 0.6) is 0 Å². The lowest BCUT2D eigenvalue weighted by Gasteiger charge is -2.27. The van der Waals surface area contributed by atoms with E-state index in [1.165, 1.54) is 24.0 Å². The second-order valence-electron chi connectivity index (χ2n) is 4.57. The molecule has 15 heavy (non-hydrogen) atoms. The molecule has 0 saturated heterocycles. The SMILES string of the molecule is Cc1c(Cl)cccc1C1CCC(N)CC1. The van der Waals surface area contributed by atoms with Crippen LogP contribution in [0, 0.1) is 6.92 Å². The molecule has 2 rings (SSSR count). The Bertz CT molecular complexity index is 340. The summed E-state index contributed by atoms with van der Waals surface area (Å²) in [6.07, 6.45) is 4.72. The van der Waals surface area contributed by atoms with E-state index < -0.39 is 0 Å². The maximum Gasteiger partial charge on any atom is 0.0438 e. The van der Waals surface area contributed by atoms with Gasteiger partial charge in [0, 0.05) is 11.1 Å². The highest BCUT2D eigenvalue weighted by Gasteiger charge is 2.21. The van der Waals surface area contributed by atoms with Crippen molar-refractivity contribution in [3.05, 3.63) is 34.3 Å². The van der Waals surface area contributed by atoms with Crippen LogP contribution in [0.1, 0.15) is 42.7 Å². The van der Waals surface area contributed by atoms with E-state index in [2.05, 4.69) is 19.1 Å². The third-order valence-electron chi connectivity index (χ3n) is 3.52. The van der Waals surface area contributed by atoms with Crippen molar-refractivity contribution >= 4 is 11.6 Å². The van der Waals surface area contributed by atoms with Gasteiger partial charge in [-0.25, -0.2) is 0 Å². The lowest BCUT2D eigenvalue weighted by molar-refractivity contribution is 0.395. The van der Waals surface area contributed by atoms with Gasteiger partial charge in [-0.3, -0.25) is 0 Å². The Labute approximate surface area is 96.6 Å². The van der Waals surface area contributed by atoms with Gasteiger partial charge >= 0.3 is 0 Å². The number of nitrogens with two attached hydrogens (primary N) is 1. The fourth-order valence-electron chi connectivity index (χ4n) is 2.50. The predicted molar refractivity (Wildman–Crippen MR) is 65.4 cm³/mol. The molecule has 0 atom stereocenters. The summed E-state index contributed by atoms with van der Waals surface area (Å²) in [5.74, 6) is 0.670. The molecular weight excluding hydrogens is 206 g/mol. The van der Waals surface area contributed by atoms with E-state index in [1.807, 2.05) is 6.07 Å². The van der Waals surface area contributed by atoms with Gasteiger partial charge in [0.15, 0.2) is 0 Å². The lowest BCUT2D eigenvalue weighted by atomic mass is 9.80. The number of rotatable bonds is 1. The van der Waals surface area contributed by atoms with Gasteiger partial charge in [0.1, 0.15) is 0 Å². The number of halogens is 1. The van der Waals surface area contributed by atoms with Gasteiger partial charge in [0.05, 0.1) is 0 Å². The zero-order valence-corrected chi connectivity index (χ0v) is 9.93. The molecule has 0 unspecified atom stereocenters. The molecule has 0 bridgehead atoms. The van der Waals surface area contributed by atoms with Crippen molar-refractivity contribution in [3.63, 3.8) is 0 Å². The Morgan fingerprint density at radius 3 is 2.53 bits per heavy atom. The standard InChI is InChI=1S/C13H18ClN/c1-9-12(3-2-4-13(9)14)10-5-7-11(15)8-6-10/h2-4,10-11H,5-8,15H2,1H3. The minimum atomic E-state index is 0.417. The van der Waals surface area contributed by atoms with Crippen LogP contribution in [-0.2, 0) is 0 Å². The van der Waals surface area contributed by atoms with Crippen LogP contribution < -0.4 is 5.73 Å². The molecule has 0 spiro atoms. The van der Waals surface area contributed by atoms with Crippen molar-refractivity contribution in [2.45, 2.75) is 44.6 Å². The first-order chi connectivity index (χ1) is 7.18. The first-order valence-electron chi connectivity index (χ1n) is 5.69. The first kappa shape index (κ1) is 11.0. The van der Waals surface area contributed by atoms with E-state index in [-0.39, 0.29) is 0 Å². The Balaban J connectivity index is 2.19. The zero-order valence-electron chi connectivity index (χ0n) is 9.17. The fourth-order valence-corrected chi connectivity index (χ4v) is 2.68. The molecule has 2 N–H and O–H groups in total. The van der Waals surface area contributed by atoms with Crippen LogP contribution in [0.15, 0.2) is 18.2 Å². The van der Waals surface area contributed by atoms with Gasteiger partial charge in [-0.2, -0.15) is 0 Å². The maximum atomic E-state index is 6.14. The molecule has 1 aromatic rings. The van der Waals surface area contributed by atoms with Crippen LogP contribution in [0.3, 0.4) is 0 Å². The zero-order chi connectivity index (χ0) is 10.8. The van der Waals surface area contributed by atoms with Gasteiger partial charge in [-0.05, 0) is 55.7 Å². The van der Waals surface area contributed by atoms with Gasteiger partial charge in [-0.1, -0.05) is 23.7 Å². The van der Waals surface area contributed by atoms with Crippen molar-refractivity contribution in [1.82, 2.24) is 0 Å². The molecular formula is C13H18ClN. The van der Waals surface area contributed by atoms with Crippen molar-refractivity contribution in [2.24, 2.45) is 5.73 Å². The fraction of sp³-hybridized carbons (Fsp3) is 0.538. The van der Waals surface area contributed by atoms with E-state index in [0.29, 0.717) is 12.0 Å². The summed E-state index contributed by atoms with van der Waals surface area (Å²) >= 11 is 6.14. The largest absolute Gasteiger partial charge is 0.328 e. The maximum absolute atomic E-state index is 6.14. The molecule has 1 aliphatic carbocycles. The topological polar surface area (TPSA) is 26.0 Å². The second kappa shape index (κ2) is 4.54. The molecule has 1 aliphatic rings. The molecule has 1 nitrogen and oxygen atoms in total. The van der Waals surface area contributed by atoms with E-state index in [0.717, 1.165) is 17.9 Å². The highest BCUT2D eigenvalue weighted by atomic mass is 35.5. The number of hydrogen-bond acceptors (Lipinski definition) is 1. The van der Waals surface area contributed by atoms with Gasteiger partial charge in [-0.15, -0.1) is 0 Å². The number of hydrogen-bond donors (Lipinski definition) is 1. The van der Waals surface area contributed by atoms with Crippen LogP contribution in [-0.4, -0.2) is 6.04 Å². The molecule has 0 heterocycles. The molecule has 0 aliphatic heterocycles. The summed E-state index contributed by atoms with van der Waals surface area (Å²) in [4.78, 5) is 0. The third kappa shape index (κ3) is 2.35. The van der Waals surface area contributed by atoms with Gasteiger partial charge < -0.3 is 5.73 Å². The minimum Gasteiger partial charge on any atom is -0.328 e. The number of benzene rings is 1. The molecule has 1 fully saturated rings. The van der Waals surface area contributed by atoms with E-state index in [1.54, 1.807) is 0 Å². The average molecular weight is 224 g/mol. The summed E-state index contributed by atoms with van der Waals surface area (Å²) in [5, 5.41) is 0.891. The van der Waals surface area contributed by atoms with Crippen molar-refractivity contribution in [1.29, 1.82) is 0 Å². The highest BCUT2D eigenvalue weighted by molar-refractivity contribution is 6.31. The molecule has 1 aromatic carbocycles. The average Bonchev–Trinajstić information content (AvgIpc) is 2.24. The van der Waals surface area contributed by atoms with E-state index in [4.69, 9.17) is 17.3 Å². The minimum absolute atomic E-state index is 0.417. The first-order valence-corrected chi connectivity index (χ1v) is 6.07. The normalized spacial score (nSPS) is 26.6. The highest BCUT2D eigenvalue weighted by Crippen LogP contribution is 2.35. The molecule has 2 heteroatoms. The summed E-state index contributed by atoms with van der Waals surface area (Å²) in [6.45, 7) is 2.12. The summed E-state index contributed by atoms with van der Waals surface area (Å²) in [5.41, 5.74) is 8.59. The summed E-state index contributed by atoms with van der Waals surface area (Å²) < 4.78 is 0. The van der Waals surface area contributed by atoms with E-state index in [9.17, 15) is 0 Å². The molecule has 1 saturated carbocycles. The molecule has 82 valence electrons. The van der Waals surface area contributed by atoms with Crippen molar-refractivity contribution in [2.75, 3.05) is 0 Å². The Hall–Kier alpha value is -0.530. The monoisotopic (exact) mass is 223 g/mol. The van der Waals surface area contributed by atoms with Crippen LogP contribution >= 0.6 is 11.6 Å². The predicted octanol–water partition coefficient (Wildman–Crippen LogP) is 3.63. The summed E-state index contributed by atoms with van der Waals surface area (Å²) in [7, 11) is 0. The van der Waals surface area contributed by atoms with Crippen LogP contribution in [0.4, 0.5) is 0 Å². The van der Waals surface area contributed by atoms with Gasteiger partial charge in [0.25, 0.3) is 0 Å². The van der Waals surface area contributed by atoms with Crippen molar-refractivity contribution in [3.8, 4) is 0 Å². The van der Waals surface area contributed by atoms with Crippen molar-refractivity contribution < 1.29 is 0 Å². The van der Waals surface area contributed by atoms with Gasteiger partial charge in [0.2, 0.25) is 0 Å². The Morgan fingerprint density at radius 2 is 1.87 bits per heavy atom. The molecule has 0 amide bonds. The smallest absolute Gasteiger partial charge is 0.0438 e. The molecule has 0 aromatic heterocycles. The third-order valence-corrected chi connectivity index (χ3v) is 3.93. The van der Waals surface area contributed by atoms with Crippen LogP contribution in [0.2, 0.25) is 5.02 Å². The lowest BCUT2D eigenvalue weighted by Crippen LogP contribution is -2.25. The van der Waals surface area contributed by atoms with E-state index >= 15 is 0 Å². The van der Waals surface area contributed by atoms with Crippen LogP contribution in [0.25, 0.3) is 0 Å². The Kier molecular flexibility index (Phi) is 3.32. The molecule has 0 radical (unpaired) electrons. The second-order valence-corrected chi connectivity index (χ2v) is 4.97. The Morgan fingerprint density at radius 1 is 1.20 bits per heavy atom.